The van der Waals surface area contributed by atoms with E-state index in [9.17, 15) is 13.2 Å². The van der Waals surface area contributed by atoms with Crippen molar-refractivity contribution in [2.45, 2.75) is 38.5 Å². The Morgan fingerprint density at radius 2 is 2.25 bits per heavy atom. The molecule has 1 aliphatic rings. The van der Waals surface area contributed by atoms with Gasteiger partial charge in [-0.15, -0.1) is 0 Å². The van der Waals surface area contributed by atoms with Crippen LogP contribution in [0.25, 0.3) is 0 Å². The van der Waals surface area contributed by atoms with Crippen LogP contribution in [0.1, 0.15) is 22.9 Å². The highest BCUT2D eigenvalue weighted by atomic mass is 32.1. The predicted molar refractivity (Wildman–Crippen MR) is 67.6 cm³/mol. The molecule has 0 spiro atoms. The average molecular weight is 303 g/mol. The average Bonchev–Trinajstić information content (AvgIpc) is 2.93. The highest BCUT2D eigenvalue weighted by molar-refractivity contribution is 7.15. The number of nitrogens with zero attached hydrogens (tertiary/aromatic N) is 4. The number of hydrogen-bond donors (Lipinski definition) is 1. The molecular formula is C11H12F3N5S. The molecule has 1 N–H and O–H groups in total. The van der Waals surface area contributed by atoms with Crippen LogP contribution in [0.5, 0.6) is 0 Å². The molecule has 0 saturated carbocycles. The van der Waals surface area contributed by atoms with Crippen LogP contribution in [-0.2, 0) is 19.1 Å². The maximum absolute atomic E-state index is 12.5. The summed E-state index contributed by atoms with van der Waals surface area (Å²) in [6.07, 6.45) is -1.91. The predicted octanol–water partition coefficient (Wildman–Crippen LogP) is 2.49. The first-order valence-electron chi connectivity index (χ1n) is 6.12. The van der Waals surface area contributed by atoms with Crippen molar-refractivity contribution in [3.8, 4) is 0 Å². The summed E-state index contributed by atoms with van der Waals surface area (Å²) >= 11 is 0.627. The van der Waals surface area contributed by atoms with Crippen molar-refractivity contribution < 1.29 is 13.2 Å². The van der Waals surface area contributed by atoms with Gasteiger partial charge in [0, 0.05) is 12.5 Å². The molecule has 0 aliphatic carbocycles. The molecule has 0 bridgehead atoms. The van der Waals surface area contributed by atoms with Crippen LogP contribution in [-0.4, -0.2) is 25.8 Å². The Morgan fingerprint density at radius 1 is 1.45 bits per heavy atom. The second-order valence-electron chi connectivity index (χ2n) is 4.66. The first-order valence-corrected chi connectivity index (χ1v) is 6.93. The Bertz CT molecular complexity index is 618. The molecule has 108 valence electrons. The molecule has 1 aliphatic heterocycles. The maximum atomic E-state index is 12.5. The second-order valence-corrected chi connectivity index (χ2v) is 5.70. The van der Waals surface area contributed by atoms with Gasteiger partial charge >= 0.3 is 6.18 Å². The molecule has 3 heterocycles. The molecule has 20 heavy (non-hydrogen) atoms. The highest BCUT2D eigenvalue weighted by Crippen LogP contribution is 2.35. The quantitative estimate of drug-likeness (QED) is 0.926. The van der Waals surface area contributed by atoms with E-state index in [2.05, 4.69) is 20.4 Å². The van der Waals surface area contributed by atoms with E-state index >= 15 is 0 Å². The molecule has 0 fully saturated rings. The molecule has 3 rings (SSSR count). The van der Waals surface area contributed by atoms with Gasteiger partial charge in [-0.05, 0) is 13.3 Å². The lowest BCUT2D eigenvalue weighted by Gasteiger charge is -2.23. The van der Waals surface area contributed by atoms with Gasteiger partial charge in [-0.2, -0.15) is 18.3 Å². The monoisotopic (exact) mass is 303 g/mol. The summed E-state index contributed by atoms with van der Waals surface area (Å²) in [4.78, 5) is 7.38. The Labute approximate surface area is 116 Å². The van der Waals surface area contributed by atoms with E-state index < -0.39 is 11.1 Å². The molecule has 0 saturated heterocycles. The fourth-order valence-corrected chi connectivity index (χ4v) is 2.96. The number of alkyl halides is 3. The summed E-state index contributed by atoms with van der Waals surface area (Å²) in [6, 6.07) is 0.0239. The van der Waals surface area contributed by atoms with Crippen molar-refractivity contribution in [1.29, 1.82) is 0 Å². The minimum atomic E-state index is -4.33. The number of rotatable bonds is 2. The normalized spacial score (nSPS) is 18.9. The first-order chi connectivity index (χ1) is 9.41. The summed E-state index contributed by atoms with van der Waals surface area (Å²) in [5, 5.41) is 7.59. The van der Waals surface area contributed by atoms with Crippen LogP contribution < -0.4 is 5.32 Å². The van der Waals surface area contributed by atoms with Gasteiger partial charge in [0.15, 0.2) is 5.13 Å². The van der Waals surface area contributed by atoms with Crippen molar-refractivity contribution >= 4 is 16.5 Å². The number of hydrogen-bond acceptors (Lipinski definition) is 5. The molecule has 5 nitrogen and oxygen atoms in total. The van der Waals surface area contributed by atoms with Crippen molar-refractivity contribution in [1.82, 2.24) is 19.7 Å². The lowest BCUT2D eigenvalue weighted by Crippen LogP contribution is -2.31. The van der Waals surface area contributed by atoms with Gasteiger partial charge in [-0.3, -0.25) is 0 Å². The lowest BCUT2D eigenvalue weighted by molar-refractivity contribution is -0.134. The fraction of sp³-hybridized carbons (Fsp3) is 0.545. The molecule has 1 unspecified atom stereocenters. The Balaban J connectivity index is 1.69. The van der Waals surface area contributed by atoms with E-state index in [1.54, 1.807) is 4.68 Å². The van der Waals surface area contributed by atoms with Crippen molar-refractivity contribution in [3.05, 3.63) is 22.7 Å². The number of aryl methyl sites for hydroxylation is 2. The number of nitrogens with one attached hydrogen (secondary N) is 1. The second kappa shape index (κ2) is 4.72. The SMILES string of the molecule is Cc1nc2n(n1)CC(Nc1ncc(C(F)(F)F)s1)CC2. The minimum absolute atomic E-state index is 0.0239. The summed E-state index contributed by atoms with van der Waals surface area (Å²) in [6.45, 7) is 2.42. The third-order valence-electron chi connectivity index (χ3n) is 3.08. The Hall–Kier alpha value is -1.64. The third-order valence-corrected chi connectivity index (χ3v) is 4.05. The van der Waals surface area contributed by atoms with Crippen molar-refractivity contribution in [3.63, 3.8) is 0 Å². The van der Waals surface area contributed by atoms with Gasteiger partial charge in [0.1, 0.15) is 16.5 Å². The first kappa shape index (κ1) is 13.3. The van der Waals surface area contributed by atoms with Gasteiger partial charge in [0.05, 0.1) is 12.7 Å². The van der Waals surface area contributed by atoms with Crippen molar-refractivity contribution in [2.75, 3.05) is 5.32 Å². The van der Waals surface area contributed by atoms with Gasteiger partial charge in [0.25, 0.3) is 0 Å². The number of anilines is 1. The van der Waals surface area contributed by atoms with E-state index in [0.717, 1.165) is 24.9 Å². The maximum Gasteiger partial charge on any atom is 0.427 e. The molecule has 0 amide bonds. The van der Waals surface area contributed by atoms with Gasteiger partial charge < -0.3 is 5.32 Å². The zero-order valence-electron chi connectivity index (χ0n) is 10.6. The smallest absolute Gasteiger partial charge is 0.357 e. The third kappa shape index (κ3) is 2.62. The molecule has 0 radical (unpaired) electrons. The van der Waals surface area contributed by atoms with Crippen LogP contribution >= 0.6 is 11.3 Å². The summed E-state index contributed by atoms with van der Waals surface area (Å²) < 4.78 is 39.3. The van der Waals surface area contributed by atoms with Crippen LogP contribution in [0.3, 0.4) is 0 Å². The number of halogens is 3. The van der Waals surface area contributed by atoms with Gasteiger partial charge in [-0.1, -0.05) is 11.3 Å². The Morgan fingerprint density at radius 3 is 2.95 bits per heavy atom. The van der Waals surface area contributed by atoms with Gasteiger partial charge in [-0.25, -0.2) is 14.6 Å². The molecule has 2 aromatic heterocycles. The number of fused-ring (bicyclic) bond motifs is 1. The molecule has 0 aromatic carbocycles. The summed E-state index contributed by atoms with van der Waals surface area (Å²) in [7, 11) is 0. The number of aromatic nitrogens is 4. The fourth-order valence-electron chi connectivity index (χ4n) is 2.20. The van der Waals surface area contributed by atoms with E-state index in [-0.39, 0.29) is 6.04 Å². The topological polar surface area (TPSA) is 55.6 Å². The zero-order chi connectivity index (χ0) is 14.3. The van der Waals surface area contributed by atoms with Crippen LogP contribution in [0.4, 0.5) is 18.3 Å². The summed E-state index contributed by atoms with van der Waals surface area (Å²) in [5.41, 5.74) is 0. The van der Waals surface area contributed by atoms with E-state index in [4.69, 9.17) is 0 Å². The van der Waals surface area contributed by atoms with Crippen LogP contribution in [0.15, 0.2) is 6.20 Å². The lowest BCUT2D eigenvalue weighted by atomic mass is 10.1. The zero-order valence-corrected chi connectivity index (χ0v) is 11.4. The number of thiazole rings is 1. The minimum Gasteiger partial charge on any atom is -0.357 e. The van der Waals surface area contributed by atoms with E-state index in [0.29, 0.717) is 28.8 Å². The van der Waals surface area contributed by atoms with Crippen LogP contribution in [0.2, 0.25) is 0 Å². The molecule has 2 aromatic rings. The van der Waals surface area contributed by atoms with Gasteiger partial charge in [0.2, 0.25) is 0 Å². The van der Waals surface area contributed by atoms with Crippen molar-refractivity contribution in [2.24, 2.45) is 0 Å². The van der Waals surface area contributed by atoms with E-state index in [1.807, 2.05) is 6.92 Å². The van der Waals surface area contributed by atoms with E-state index in [1.165, 1.54) is 0 Å². The van der Waals surface area contributed by atoms with Crippen LogP contribution in [0, 0.1) is 6.92 Å². The molecule has 9 heteroatoms. The standard InChI is InChI=1S/C11H12F3N5S/c1-6-16-9-3-2-7(5-19(9)18-6)17-10-15-4-8(20-10)11(12,13)14/h4,7H,2-3,5H2,1H3,(H,15,17). The largest absolute Gasteiger partial charge is 0.427 e. The summed E-state index contributed by atoms with van der Waals surface area (Å²) in [5.74, 6) is 1.64. The molecule has 1 atom stereocenters. The Kier molecular flexibility index (Phi) is 3.15. The molecular weight excluding hydrogens is 291 g/mol. The highest BCUT2D eigenvalue weighted by Gasteiger charge is 2.33.